The maximum atomic E-state index is 12.3. The first-order valence-corrected chi connectivity index (χ1v) is 9.51. The molecule has 0 aliphatic carbocycles. The molecule has 0 saturated carbocycles. The molecule has 0 radical (unpaired) electrons. The van der Waals surface area contributed by atoms with E-state index >= 15 is 0 Å². The summed E-state index contributed by atoms with van der Waals surface area (Å²) >= 11 is 1.34. The third-order valence-electron chi connectivity index (χ3n) is 3.16. The fourth-order valence-corrected chi connectivity index (χ4v) is 3.97. The van der Waals surface area contributed by atoms with Gasteiger partial charge in [0.1, 0.15) is 11.5 Å². The van der Waals surface area contributed by atoms with E-state index in [2.05, 4.69) is 10.3 Å². The zero-order valence-corrected chi connectivity index (χ0v) is 14.4. The van der Waals surface area contributed by atoms with Crippen LogP contribution in [0.4, 0.5) is 5.13 Å². The van der Waals surface area contributed by atoms with Gasteiger partial charge in [0, 0.05) is 11.1 Å². The van der Waals surface area contributed by atoms with Crippen molar-refractivity contribution in [3.05, 3.63) is 65.1 Å². The van der Waals surface area contributed by atoms with E-state index < -0.39 is 15.7 Å². The molecule has 1 aromatic carbocycles. The van der Waals surface area contributed by atoms with Gasteiger partial charge in [0.2, 0.25) is 0 Å². The van der Waals surface area contributed by atoms with Crippen molar-refractivity contribution in [1.29, 1.82) is 0 Å². The summed E-state index contributed by atoms with van der Waals surface area (Å²) in [6, 6.07) is 11.0. The first kappa shape index (κ1) is 16.4. The molecule has 0 fully saturated rings. The Morgan fingerprint density at radius 1 is 1.21 bits per heavy atom. The lowest BCUT2D eigenvalue weighted by atomic mass is 10.4. The van der Waals surface area contributed by atoms with Crippen LogP contribution in [-0.2, 0) is 15.6 Å². The Morgan fingerprint density at radius 2 is 1.96 bits per heavy atom. The highest BCUT2D eigenvalue weighted by atomic mass is 32.2. The lowest BCUT2D eigenvalue weighted by molar-refractivity contribution is 0.0995. The Labute approximate surface area is 143 Å². The SMILES string of the molecule is Cc1cnc(NC(=O)c2ccc(CS(=O)(=O)c3ccccc3)o2)s1. The quantitative estimate of drug-likeness (QED) is 0.752. The van der Waals surface area contributed by atoms with E-state index in [1.807, 2.05) is 6.92 Å². The maximum absolute atomic E-state index is 12.3. The largest absolute Gasteiger partial charge is 0.455 e. The molecule has 1 amide bonds. The van der Waals surface area contributed by atoms with Crippen LogP contribution in [0.25, 0.3) is 0 Å². The molecule has 24 heavy (non-hydrogen) atoms. The van der Waals surface area contributed by atoms with Crippen LogP contribution in [0.1, 0.15) is 21.2 Å². The summed E-state index contributed by atoms with van der Waals surface area (Å²) < 4.78 is 30.0. The van der Waals surface area contributed by atoms with Crippen LogP contribution in [-0.4, -0.2) is 19.3 Å². The van der Waals surface area contributed by atoms with Gasteiger partial charge in [-0.3, -0.25) is 10.1 Å². The molecule has 0 unspecified atom stereocenters. The normalized spacial score (nSPS) is 11.4. The average Bonchev–Trinajstić information content (AvgIpc) is 3.17. The molecule has 2 aromatic heterocycles. The van der Waals surface area contributed by atoms with Crippen molar-refractivity contribution in [2.24, 2.45) is 0 Å². The molecule has 3 rings (SSSR count). The van der Waals surface area contributed by atoms with Crippen molar-refractivity contribution in [1.82, 2.24) is 4.98 Å². The molecular formula is C16H14N2O4S2. The molecule has 0 bridgehead atoms. The fraction of sp³-hybridized carbons (Fsp3) is 0.125. The van der Waals surface area contributed by atoms with Gasteiger partial charge in [0.05, 0.1) is 4.90 Å². The maximum Gasteiger partial charge on any atom is 0.293 e. The zero-order chi connectivity index (χ0) is 17.2. The molecule has 0 atom stereocenters. The topological polar surface area (TPSA) is 89.3 Å². The summed E-state index contributed by atoms with van der Waals surface area (Å²) in [4.78, 5) is 17.3. The average molecular weight is 362 g/mol. The van der Waals surface area contributed by atoms with E-state index in [0.717, 1.165) is 4.88 Å². The second-order valence-electron chi connectivity index (χ2n) is 5.07. The van der Waals surface area contributed by atoms with Crippen LogP contribution in [0.3, 0.4) is 0 Å². The molecule has 8 heteroatoms. The molecule has 0 spiro atoms. The number of amides is 1. The standard InChI is InChI=1S/C16H14N2O4S2/c1-11-9-17-16(23-11)18-15(19)14-8-7-12(22-14)10-24(20,21)13-5-3-2-4-6-13/h2-9H,10H2,1H3,(H,17,18,19). The van der Waals surface area contributed by atoms with Gasteiger partial charge in [-0.1, -0.05) is 18.2 Å². The molecule has 0 saturated heterocycles. The van der Waals surface area contributed by atoms with Crippen LogP contribution >= 0.6 is 11.3 Å². The number of anilines is 1. The molecule has 6 nitrogen and oxygen atoms in total. The summed E-state index contributed by atoms with van der Waals surface area (Å²) in [5, 5.41) is 3.08. The van der Waals surface area contributed by atoms with Gasteiger partial charge >= 0.3 is 0 Å². The Bertz CT molecular complexity index is 959. The van der Waals surface area contributed by atoms with E-state index in [1.165, 1.54) is 35.6 Å². The summed E-state index contributed by atoms with van der Waals surface area (Å²) in [6.07, 6.45) is 1.65. The lowest BCUT2D eigenvalue weighted by Gasteiger charge is -2.02. The Balaban J connectivity index is 1.72. The van der Waals surface area contributed by atoms with E-state index in [1.54, 1.807) is 24.4 Å². The third-order valence-corrected chi connectivity index (χ3v) is 5.64. The Kier molecular flexibility index (Phi) is 4.50. The minimum atomic E-state index is -3.52. The van der Waals surface area contributed by atoms with Crippen molar-refractivity contribution >= 4 is 32.2 Å². The molecule has 1 N–H and O–H groups in total. The number of benzene rings is 1. The smallest absolute Gasteiger partial charge is 0.293 e. The van der Waals surface area contributed by atoms with Gasteiger partial charge in [-0.2, -0.15) is 0 Å². The van der Waals surface area contributed by atoms with Gasteiger partial charge in [-0.05, 0) is 31.2 Å². The van der Waals surface area contributed by atoms with E-state index in [9.17, 15) is 13.2 Å². The Morgan fingerprint density at radius 3 is 2.62 bits per heavy atom. The van der Waals surface area contributed by atoms with Crippen molar-refractivity contribution in [2.45, 2.75) is 17.6 Å². The van der Waals surface area contributed by atoms with Gasteiger partial charge in [0.25, 0.3) is 5.91 Å². The monoisotopic (exact) mass is 362 g/mol. The van der Waals surface area contributed by atoms with Crippen molar-refractivity contribution < 1.29 is 17.6 Å². The number of nitrogens with zero attached hydrogens (tertiary/aromatic N) is 1. The molecule has 2 heterocycles. The van der Waals surface area contributed by atoms with Crippen LogP contribution in [0.5, 0.6) is 0 Å². The summed E-state index contributed by atoms with van der Waals surface area (Å²) in [6.45, 7) is 1.88. The molecule has 0 aliphatic heterocycles. The molecule has 0 aliphatic rings. The number of furan rings is 1. The first-order chi connectivity index (χ1) is 11.4. The van der Waals surface area contributed by atoms with Crippen LogP contribution in [0, 0.1) is 6.92 Å². The zero-order valence-electron chi connectivity index (χ0n) is 12.7. The van der Waals surface area contributed by atoms with Crippen LogP contribution < -0.4 is 5.32 Å². The minimum Gasteiger partial charge on any atom is -0.455 e. The fourth-order valence-electron chi connectivity index (χ4n) is 2.05. The lowest BCUT2D eigenvalue weighted by Crippen LogP contribution is -2.10. The predicted molar refractivity (Wildman–Crippen MR) is 90.8 cm³/mol. The summed E-state index contributed by atoms with van der Waals surface area (Å²) in [7, 11) is -3.52. The van der Waals surface area contributed by atoms with Crippen molar-refractivity contribution in [3.8, 4) is 0 Å². The van der Waals surface area contributed by atoms with Crippen molar-refractivity contribution in [2.75, 3.05) is 5.32 Å². The van der Waals surface area contributed by atoms with Gasteiger partial charge in [0.15, 0.2) is 20.7 Å². The molecular weight excluding hydrogens is 348 g/mol. The van der Waals surface area contributed by atoms with Crippen LogP contribution in [0.2, 0.25) is 0 Å². The molecule has 124 valence electrons. The van der Waals surface area contributed by atoms with Gasteiger partial charge < -0.3 is 4.42 Å². The van der Waals surface area contributed by atoms with Gasteiger partial charge in [-0.25, -0.2) is 13.4 Å². The van der Waals surface area contributed by atoms with E-state index in [-0.39, 0.29) is 22.2 Å². The second kappa shape index (κ2) is 6.58. The Hall–Kier alpha value is -2.45. The number of thiazole rings is 1. The number of sulfone groups is 1. The summed E-state index contributed by atoms with van der Waals surface area (Å²) in [5.74, 6) is -0.520. The number of carbonyl (C=O) groups is 1. The number of hydrogen-bond donors (Lipinski definition) is 1. The number of nitrogens with one attached hydrogen (secondary N) is 1. The van der Waals surface area contributed by atoms with Gasteiger partial charge in [-0.15, -0.1) is 11.3 Å². The third kappa shape index (κ3) is 3.72. The number of carbonyl (C=O) groups excluding carboxylic acids is 1. The minimum absolute atomic E-state index is 0.0427. The first-order valence-electron chi connectivity index (χ1n) is 7.04. The van der Waals surface area contributed by atoms with E-state index in [4.69, 9.17) is 4.42 Å². The van der Waals surface area contributed by atoms with E-state index in [0.29, 0.717) is 5.13 Å². The highest BCUT2D eigenvalue weighted by molar-refractivity contribution is 7.90. The number of rotatable bonds is 5. The number of hydrogen-bond acceptors (Lipinski definition) is 6. The highest BCUT2D eigenvalue weighted by Crippen LogP contribution is 2.20. The molecule has 3 aromatic rings. The summed E-state index contributed by atoms with van der Waals surface area (Å²) in [5.41, 5.74) is 0. The van der Waals surface area contributed by atoms with Crippen molar-refractivity contribution in [3.63, 3.8) is 0 Å². The number of aryl methyl sites for hydroxylation is 1. The predicted octanol–water partition coefficient (Wildman–Crippen LogP) is 3.27. The number of aromatic nitrogens is 1. The highest BCUT2D eigenvalue weighted by Gasteiger charge is 2.19. The second-order valence-corrected chi connectivity index (χ2v) is 8.29. The van der Waals surface area contributed by atoms with Crippen LogP contribution in [0.15, 0.2) is 58.0 Å².